The summed E-state index contributed by atoms with van der Waals surface area (Å²) in [4.78, 5) is 11.0. The molecule has 0 saturated heterocycles. The third-order valence-corrected chi connectivity index (χ3v) is 7.66. The molecule has 2 fully saturated rings. The van der Waals surface area contributed by atoms with Crippen molar-refractivity contribution in [2.75, 3.05) is 0 Å². The molecule has 3 aliphatic rings. The van der Waals surface area contributed by atoms with Crippen molar-refractivity contribution in [3.8, 4) is 0 Å². The zero-order valence-corrected chi connectivity index (χ0v) is 17.3. The summed E-state index contributed by atoms with van der Waals surface area (Å²) in [6.45, 7) is 14.4. The molecule has 4 atom stereocenters. The first-order chi connectivity index (χ1) is 11.4. The van der Waals surface area contributed by atoms with E-state index in [1.54, 1.807) is 0 Å². The molecule has 0 aromatic rings. The van der Waals surface area contributed by atoms with Crippen molar-refractivity contribution in [1.82, 2.24) is 0 Å². The average Bonchev–Trinajstić information content (AvgIpc) is 2.80. The topological polar surface area (TPSA) is 46.5 Å². The molecule has 0 aromatic heterocycles. The van der Waals surface area contributed by atoms with Crippen molar-refractivity contribution in [3.05, 3.63) is 11.6 Å². The summed E-state index contributed by atoms with van der Waals surface area (Å²) in [7, 11) is 0. The number of ether oxygens (including phenoxy) is 1. The first-order valence-electron chi connectivity index (χ1n) is 9.93. The molecule has 1 N–H and O–H groups in total. The average molecular weight is 351 g/mol. The number of esters is 1. The molecule has 0 radical (unpaired) electrons. The van der Waals surface area contributed by atoms with Crippen LogP contribution in [0.25, 0.3) is 0 Å². The summed E-state index contributed by atoms with van der Waals surface area (Å²) in [6.07, 6.45) is 9.36. The molecule has 3 rings (SSSR count). The maximum absolute atomic E-state index is 11.0. The molecule has 3 nitrogen and oxygen atoms in total. The maximum atomic E-state index is 11.0. The van der Waals surface area contributed by atoms with Gasteiger partial charge in [0.1, 0.15) is 6.10 Å². The molecule has 3 aliphatic carbocycles. The number of hydrogen-bond donors (Lipinski definition) is 1. The van der Waals surface area contributed by atoms with Gasteiger partial charge in [-0.1, -0.05) is 32.4 Å². The number of fused-ring (bicyclic) bond motifs is 2. The zero-order chi connectivity index (χ0) is 19.0. The van der Waals surface area contributed by atoms with E-state index in [-0.39, 0.29) is 17.5 Å². The molecule has 2 bridgehead atoms. The molecule has 4 unspecified atom stereocenters. The van der Waals surface area contributed by atoms with Crippen LogP contribution in [0, 0.1) is 22.7 Å². The number of allylic oxidation sites excluding steroid dienone is 2. The van der Waals surface area contributed by atoms with E-state index >= 15 is 0 Å². The fourth-order valence-corrected chi connectivity index (χ4v) is 5.12. The van der Waals surface area contributed by atoms with Gasteiger partial charge in [0.2, 0.25) is 0 Å². The van der Waals surface area contributed by atoms with Gasteiger partial charge in [0.05, 0.1) is 5.60 Å². The Morgan fingerprint density at radius 1 is 1.28 bits per heavy atom. The molecule has 0 spiro atoms. The normalized spacial score (nSPS) is 36.3. The van der Waals surface area contributed by atoms with Crippen LogP contribution in [0.5, 0.6) is 0 Å². The largest absolute Gasteiger partial charge is 0.462 e. The molecular weight excluding hydrogens is 312 g/mol. The Morgan fingerprint density at radius 2 is 1.92 bits per heavy atom. The van der Waals surface area contributed by atoms with E-state index in [1.165, 1.54) is 25.3 Å². The molecule has 0 aliphatic heterocycles. The lowest BCUT2D eigenvalue weighted by molar-refractivity contribution is -0.154. The summed E-state index contributed by atoms with van der Waals surface area (Å²) in [5, 5.41) is 9.70. The third kappa shape index (κ3) is 4.13. The highest BCUT2D eigenvalue weighted by atomic mass is 16.5. The molecule has 3 heteroatoms. The van der Waals surface area contributed by atoms with E-state index in [0.717, 1.165) is 31.6 Å². The predicted octanol–water partition coefficient (Wildman–Crippen LogP) is 5.27. The molecule has 0 amide bonds. The third-order valence-electron chi connectivity index (χ3n) is 7.66. The van der Waals surface area contributed by atoms with Crippen LogP contribution in [0.4, 0.5) is 0 Å². The van der Waals surface area contributed by atoms with E-state index in [2.05, 4.69) is 33.8 Å². The van der Waals surface area contributed by atoms with Crippen LogP contribution >= 0.6 is 0 Å². The first-order valence-corrected chi connectivity index (χ1v) is 9.93. The first kappa shape index (κ1) is 20.5. The number of rotatable bonds is 2. The molecule has 2 saturated carbocycles. The van der Waals surface area contributed by atoms with Crippen LogP contribution in [-0.4, -0.2) is 22.8 Å². The molecule has 0 heterocycles. The second-order valence-electron chi connectivity index (χ2n) is 9.88. The van der Waals surface area contributed by atoms with Crippen molar-refractivity contribution < 1.29 is 14.6 Å². The van der Waals surface area contributed by atoms with Gasteiger partial charge >= 0.3 is 5.97 Å². The van der Waals surface area contributed by atoms with Gasteiger partial charge in [-0.25, -0.2) is 0 Å². The summed E-state index contributed by atoms with van der Waals surface area (Å²) >= 11 is 0. The quantitative estimate of drug-likeness (QED) is 0.545. The van der Waals surface area contributed by atoms with E-state index in [1.807, 2.05) is 13.8 Å². The van der Waals surface area contributed by atoms with Crippen molar-refractivity contribution in [2.24, 2.45) is 22.7 Å². The SMILES string of the molecule is CC(=O)OC1CC2CCC1(C)C2(C)C.CC1=CCC(C(C)(C)O)CC1. The van der Waals surface area contributed by atoms with Crippen molar-refractivity contribution in [2.45, 2.75) is 98.7 Å². The summed E-state index contributed by atoms with van der Waals surface area (Å²) in [5.41, 5.74) is 1.54. The van der Waals surface area contributed by atoms with Crippen molar-refractivity contribution in [3.63, 3.8) is 0 Å². The van der Waals surface area contributed by atoms with Crippen molar-refractivity contribution >= 4 is 5.97 Å². The minimum Gasteiger partial charge on any atom is -0.462 e. The highest BCUT2D eigenvalue weighted by Gasteiger charge is 2.62. The van der Waals surface area contributed by atoms with Crippen LogP contribution in [0.15, 0.2) is 11.6 Å². The number of carbonyl (C=O) groups is 1. The minimum absolute atomic E-state index is 0.125. The lowest BCUT2D eigenvalue weighted by Crippen LogP contribution is -2.37. The molecule has 25 heavy (non-hydrogen) atoms. The lowest BCUT2D eigenvalue weighted by atomic mass is 9.70. The number of carbonyl (C=O) groups excluding carboxylic acids is 1. The molecule has 0 aromatic carbocycles. The van der Waals surface area contributed by atoms with Gasteiger partial charge in [0, 0.05) is 12.3 Å². The summed E-state index contributed by atoms with van der Waals surface area (Å²) < 4.78 is 5.44. The van der Waals surface area contributed by atoms with E-state index in [9.17, 15) is 9.90 Å². The summed E-state index contributed by atoms with van der Waals surface area (Å²) in [6, 6.07) is 0. The fourth-order valence-electron chi connectivity index (χ4n) is 5.12. The van der Waals surface area contributed by atoms with Gasteiger partial charge in [0.15, 0.2) is 0 Å². The van der Waals surface area contributed by atoms with Gasteiger partial charge in [-0.15, -0.1) is 0 Å². The Hall–Kier alpha value is -0.830. The zero-order valence-electron chi connectivity index (χ0n) is 17.3. The van der Waals surface area contributed by atoms with Gasteiger partial charge in [0.25, 0.3) is 0 Å². The summed E-state index contributed by atoms with van der Waals surface area (Å²) in [5.74, 6) is 1.09. The monoisotopic (exact) mass is 350 g/mol. The predicted molar refractivity (Wildman–Crippen MR) is 102 cm³/mol. The van der Waals surface area contributed by atoms with Gasteiger partial charge in [-0.2, -0.15) is 0 Å². The molecular formula is C22H38O3. The Labute approximate surface area is 154 Å². The lowest BCUT2D eigenvalue weighted by Gasteiger charge is -2.38. The van der Waals surface area contributed by atoms with E-state index < -0.39 is 5.60 Å². The highest BCUT2D eigenvalue weighted by molar-refractivity contribution is 5.66. The van der Waals surface area contributed by atoms with Gasteiger partial charge < -0.3 is 9.84 Å². The van der Waals surface area contributed by atoms with Crippen LogP contribution in [0.1, 0.15) is 87.0 Å². The van der Waals surface area contributed by atoms with E-state index in [0.29, 0.717) is 11.3 Å². The second-order valence-corrected chi connectivity index (χ2v) is 9.88. The van der Waals surface area contributed by atoms with Crippen LogP contribution in [0.2, 0.25) is 0 Å². The van der Waals surface area contributed by atoms with Crippen LogP contribution in [-0.2, 0) is 9.53 Å². The highest BCUT2D eigenvalue weighted by Crippen LogP contribution is 2.66. The van der Waals surface area contributed by atoms with E-state index in [4.69, 9.17) is 4.74 Å². The van der Waals surface area contributed by atoms with Crippen LogP contribution in [0.3, 0.4) is 0 Å². The minimum atomic E-state index is -0.489. The number of hydrogen-bond acceptors (Lipinski definition) is 3. The number of aliphatic hydroxyl groups is 1. The Kier molecular flexibility index (Phi) is 5.78. The van der Waals surface area contributed by atoms with Gasteiger partial charge in [-0.3, -0.25) is 4.79 Å². The van der Waals surface area contributed by atoms with Gasteiger partial charge in [-0.05, 0) is 76.5 Å². The Morgan fingerprint density at radius 3 is 2.28 bits per heavy atom. The Bertz CT molecular complexity index is 526. The maximum Gasteiger partial charge on any atom is 0.302 e. The second kappa shape index (κ2) is 7.06. The smallest absolute Gasteiger partial charge is 0.302 e. The van der Waals surface area contributed by atoms with Crippen molar-refractivity contribution in [1.29, 1.82) is 0 Å². The Balaban J connectivity index is 0.000000186. The van der Waals surface area contributed by atoms with Crippen LogP contribution < -0.4 is 0 Å². The standard InChI is InChI=1S/C12H20O2.C10H18O/c1-8(13)14-10-7-9-5-6-12(10,4)11(9,2)3;1-8-4-6-9(7-5-8)10(2,3)11/h9-10H,5-7H2,1-4H3;4,9,11H,5-7H2,1-3H3. The fraction of sp³-hybridized carbons (Fsp3) is 0.864. The molecule has 144 valence electrons.